The molecule has 0 amide bonds. The fraction of sp³-hybridized carbons (Fsp3) is 0.938. The molecule has 0 saturated heterocycles. The van der Waals surface area contributed by atoms with Gasteiger partial charge in [-0.1, -0.05) is 60.3 Å². The van der Waals surface area contributed by atoms with Crippen LogP contribution in [-0.2, 0) is 4.79 Å². The molecule has 18 heavy (non-hydrogen) atoms. The predicted molar refractivity (Wildman–Crippen MR) is 77.7 cm³/mol. The van der Waals surface area contributed by atoms with E-state index in [1.807, 2.05) is 13.8 Å². The van der Waals surface area contributed by atoms with Crippen molar-refractivity contribution in [1.29, 1.82) is 0 Å². The first kappa shape index (κ1) is 17.5. The van der Waals surface area contributed by atoms with Crippen molar-refractivity contribution in [3.8, 4) is 0 Å². The normalized spacial score (nSPS) is 13.7. The molecule has 0 aliphatic heterocycles. The van der Waals surface area contributed by atoms with Crippen LogP contribution in [0.1, 0.15) is 80.6 Å². The largest absolute Gasteiger partial charge is 0.481 e. The van der Waals surface area contributed by atoms with Gasteiger partial charge in [0.15, 0.2) is 0 Å². The summed E-state index contributed by atoms with van der Waals surface area (Å²) in [5, 5.41) is 9.45. The number of unbranched alkanes of at least 4 members (excludes halogenated alkanes) is 3. The van der Waals surface area contributed by atoms with Crippen LogP contribution in [0.15, 0.2) is 0 Å². The van der Waals surface area contributed by atoms with Gasteiger partial charge in [0.2, 0.25) is 0 Å². The smallest absolute Gasteiger partial charge is 0.309 e. The summed E-state index contributed by atoms with van der Waals surface area (Å²) in [7, 11) is 0. The lowest BCUT2D eigenvalue weighted by Gasteiger charge is -2.50. The first-order chi connectivity index (χ1) is 8.00. The summed E-state index contributed by atoms with van der Waals surface area (Å²) in [4.78, 5) is 11.5. The molecule has 1 N–H and O–H groups in total. The van der Waals surface area contributed by atoms with Gasteiger partial charge in [-0.2, -0.15) is 0 Å². The van der Waals surface area contributed by atoms with Crippen molar-refractivity contribution in [2.45, 2.75) is 80.6 Å². The van der Waals surface area contributed by atoms with Crippen LogP contribution < -0.4 is 0 Å². The molecule has 0 rings (SSSR count). The highest BCUT2D eigenvalue weighted by Gasteiger charge is 2.51. The molecular formula is C16H32O2. The highest BCUT2D eigenvalue weighted by molar-refractivity contribution is 5.74. The van der Waals surface area contributed by atoms with E-state index in [1.54, 1.807) is 0 Å². The quantitative estimate of drug-likeness (QED) is 0.612. The van der Waals surface area contributed by atoms with Gasteiger partial charge in [0.1, 0.15) is 0 Å². The van der Waals surface area contributed by atoms with Gasteiger partial charge >= 0.3 is 5.97 Å². The number of carboxylic acid groups (broad SMARTS) is 1. The van der Waals surface area contributed by atoms with E-state index in [-0.39, 0.29) is 10.8 Å². The van der Waals surface area contributed by atoms with Crippen LogP contribution in [0.4, 0.5) is 0 Å². The van der Waals surface area contributed by atoms with Gasteiger partial charge in [-0.3, -0.25) is 4.79 Å². The Kier molecular flexibility index (Phi) is 5.90. The number of carbonyl (C=O) groups is 1. The van der Waals surface area contributed by atoms with E-state index in [0.717, 1.165) is 6.42 Å². The third-order valence-electron chi connectivity index (χ3n) is 5.44. The van der Waals surface area contributed by atoms with Gasteiger partial charge in [-0.05, 0) is 31.1 Å². The van der Waals surface area contributed by atoms with Crippen LogP contribution in [0.25, 0.3) is 0 Å². The SMILES string of the molecule is CCCCCCC(C)(C)C(C)(C)C(C)(C)C(=O)O. The number of hydrogen-bond donors (Lipinski definition) is 1. The van der Waals surface area contributed by atoms with Gasteiger partial charge in [0, 0.05) is 0 Å². The lowest BCUT2D eigenvalue weighted by Crippen LogP contribution is -2.48. The molecule has 2 heteroatoms. The zero-order valence-corrected chi connectivity index (χ0v) is 13.4. The molecule has 0 fully saturated rings. The van der Waals surface area contributed by atoms with Crippen molar-refractivity contribution in [3.63, 3.8) is 0 Å². The first-order valence-electron chi connectivity index (χ1n) is 7.24. The van der Waals surface area contributed by atoms with E-state index < -0.39 is 11.4 Å². The Hall–Kier alpha value is -0.530. The third-order valence-corrected chi connectivity index (χ3v) is 5.44. The van der Waals surface area contributed by atoms with Crippen LogP contribution in [0.3, 0.4) is 0 Å². The van der Waals surface area contributed by atoms with Crippen LogP contribution in [0.2, 0.25) is 0 Å². The van der Waals surface area contributed by atoms with Crippen molar-refractivity contribution >= 4 is 5.97 Å². The van der Waals surface area contributed by atoms with Crippen LogP contribution in [0.5, 0.6) is 0 Å². The maximum absolute atomic E-state index is 11.5. The second-order valence-corrected chi connectivity index (χ2v) is 7.25. The summed E-state index contributed by atoms with van der Waals surface area (Å²) < 4.78 is 0. The fourth-order valence-electron chi connectivity index (χ4n) is 2.42. The second-order valence-electron chi connectivity index (χ2n) is 7.25. The van der Waals surface area contributed by atoms with E-state index >= 15 is 0 Å². The molecule has 0 aromatic carbocycles. The number of hydrogen-bond acceptors (Lipinski definition) is 1. The lowest BCUT2D eigenvalue weighted by molar-refractivity contribution is -0.160. The zero-order valence-electron chi connectivity index (χ0n) is 13.4. The molecule has 0 saturated carbocycles. The molecule has 2 nitrogen and oxygen atoms in total. The third kappa shape index (κ3) is 3.49. The minimum atomic E-state index is -0.707. The minimum absolute atomic E-state index is 0.0304. The molecular weight excluding hydrogens is 224 g/mol. The van der Waals surface area contributed by atoms with E-state index in [2.05, 4.69) is 34.6 Å². The summed E-state index contributed by atoms with van der Waals surface area (Å²) >= 11 is 0. The minimum Gasteiger partial charge on any atom is -0.481 e. The maximum Gasteiger partial charge on any atom is 0.309 e. The first-order valence-corrected chi connectivity index (χ1v) is 7.24. The summed E-state index contributed by atoms with van der Waals surface area (Å²) in [6.45, 7) is 14.5. The second kappa shape index (κ2) is 6.08. The standard InChI is InChI=1S/C16H32O2/c1-8-9-10-11-12-14(2,3)16(6,7)15(4,5)13(17)18/h8-12H2,1-7H3,(H,17,18). The molecule has 0 aliphatic carbocycles. The van der Waals surface area contributed by atoms with E-state index in [4.69, 9.17) is 0 Å². The van der Waals surface area contributed by atoms with Gasteiger partial charge < -0.3 is 5.11 Å². The van der Waals surface area contributed by atoms with Crippen molar-refractivity contribution in [2.24, 2.45) is 16.2 Å². The summed E-state index contributed by atoms with van der Waals surface area (Å²) in [5.41, 5.74) is -0.915. The Labute approximate surface area is 113 Å². The molecule has 0 aliphatic rings. The highest BCUT2D eigenvalue weighted by Crippen LogP contribution is 2.53. The molecule has 0 radical (unpaired) electrons. The topological polar surface area (TPSA) is 37.3 Å². The average molecular weight is 256 g/mol. The Morgan fingerprint density at radius 3 is 1.83 bits per heavy atom. The number of rotatable bonds is 8. The molecule has 0 spiro atoms. The van der Waals surface area contributed by atoms with E-state index in [1.165, 1.54) is 25.7 Å². The Balaban J connectivity index is 4.80. The average Bonchev–Trinajstić information content (AvgIpc) is 2.23. The Morgan fingerprint density at radius 1 is 0.944 bits per heavy atom. The van der Waals surface area contributed by atoms with E-state index in [9.17, 15) is 9.90 Å². The zero-order chi connectivity index (χ0) is 14.6. The molecule has 108 valence electrons. The number of aliphatic carboxylic acids is 1. The molecule has 0 bridgehead atoms. The van der Waals surface area contributed by atoms with Crippen molar-refractivity contribution < 1.29 is 9.90 Å². The predicted octanol–water partition coefficient (Wildman–Crippen LogP) is 5.12. The highest BCUT2D eigenvalue weighted by atomic mass is 16.4. The fourth-order valence-corrected chi connectivity index (χ4v) is 2.42. The Morgan fingerprint density at radius 2 is 1.44 bits per heavy atom. The summed E-state index contributed by atoms with van der Waals surface area (Å²) in [6.07, 6.45) is 6.06. The lowest BCUT2D eigenvalue weighted by atomic mass is 9.53. The maximum atomic E-state index is 11.5. The molecule has 0 aromatic heterocycles. The van der Waals surface area contributed by atoms with Gasteiger partial charge in [-0.15, -0.1) is 0 Å². The van der Waals surface area contributed by atoms with Gasteiger partial charge in [-0.25, -0.2) is 0 Å². The van der Waals surface area contributed by atoms with Crippen molar-refractivity contribution in [2.75, 3.05) is 0 Å². The Bertz CT molecular complexity index is 275. The number of carboxylic acids is 1. The molecule has 0 aromatic rings. The molecule has 0 heterocycles. The molecule has 0 atom stereocenters. The van der Waals surface area contributed by atoms with Crippen LogP contribution in [0, 0.1) is 16.2 Å². The van der Waals surface area contributed by atoms with E-state index in [0.29, 0.717) is 0 Å². The van der Waals surface area contributed by atoms with Crippen LogP contribution >= 0.6 is 0 Å². The van der Waals surface area contributed by atoms with Crippen LogP contribution in [-0.4, -0.2) is 11.1 Å². The van der Waals surface area contributed by atoms with Crippen molar-refractivity contribution in [1.82, 2.24) is 0 Å². The summed E-state index contributed by atoms with van der Waals surface area (Å²) in [6, 6.07) is 0. The van der Waals surface area contributed by atoms with Gasteiger partial charge in [0.05, 0.1) is 5.41 Å². The molecule has 0 unspecified atom stereocenters. The monoisotopic (exact) mass is 256 g/mol. The summed E-state index contributed by atoms with van der Waals surface area (Å²) in [5.74, 6) is -0.700. The van der Waals surface area contributed by atoms with Crippen molar-refractivity contribution in [3.05, 3.63) is 0 Å². The van der Waals surface area contributed by atoms with Gasteiger partial charge in [0.25, 0.3) is 0 Å².